The smallest absolute Gasteiger partial charge is 0.410 e. The third-order valence-electron chi connectivity index (χ3n) is 2.09. The quantitative estimate of drug-likeness (QED) is 0.695. The van der Waals surface area contributed by atoms with Crippen LogP contribution in [0.5, 0.6) is 0 Å². The van der Waals surface area contributed by atoms with Gasteiger partial charge < -0.3 is 15.4 Å². The van der Waals surface area contributed by atoms with Crippen molar-refractivity contribution in [2.45, 2.75) is 44.8 Å². The molecule has 16 heavy (non-hydrogen) atoms. The number of rotatable bonds is 0. The maximum atomic E-state index is 13.2. The number of hydrogen-bond donors (Lipinski definition) is 1. The van der Waals surface area contributed by atoms with Crippen LogP contribution in [0.2, 0.25) is 0 Å². The van der Waals surface area contributed by atoms with Crippen molar-refractivity contribution in [1.29, 1.82) is 0 Å². The van der Waals surface area contributed by atoms with E-state index in [0.717, 1.165) is 4.90 Å². The van der Waals surface area contributed by atoms with Crippen LogP contribution in [-0.2, 0) is 4.74 Å². The molecule has 0 aromatic carbocycles. The Hall–Kier alpha value is -0.910. The summed E-state index contributed by atoms with van der Waals surface area (Å²) in [6.45, 7) is 4.56. The predicted molar refractivity (Wildman–Crippen MR) is 55.3 cm³/mol. The van der Waals surface area contributed by atoms with Gasteiger partial charge in [-0.25, -0.2) is 13.6 Å². The van der Waals surface area contributed by atoms with Crippen LogP contribution in [0, 0.1) is 0 Å². The van der Waals surface area contributed by atoms with Crippen LogP contribution >= 0.6 is 0 Å². The van der Waals surface area contributed by atoms with E-state index < -0.39 is 30.2 Å². The third kappa shape index (κ3) is 3.92. The Bertz CT molecular complexity index is 276. The largest absolute Gasteiger partial charge is 0.444 e. The molecule has 0 aromatic rings. The molecule has 2 N–H and O–H groups in total. The van der Waals surface area contributed by atoms with E-state index >= 15 is 0 Å². The van der Waals surface area contributed by atoms with Crippen molar-refractivity contribution in [3.05, 3.63) is 0 Å². The van der Waals surface area contributed by atoms with Crippen LogP contribution in [0.25, 0.3) is 0 Å². The van der Waals surface area contributed by atoms with E-state index in [1.807, 2.05) is 0 Å². The molecule has 0 aromatic heterocycles. The SMILES string of the molecule is CC(C)(C)OC(=O)N1C[C@@H](N)CC(F)(F)C1. The van der Waals surface area contributed by atoms with Gasteiger partial charge in [0.15, 0.2) is 0 Å². The van der Waals surface area contributed by atoms with Crippen molar-refractivity contribution in [3.8, 4) is 0 Å². The minimum atomic E-state index is -2.92. The van der Waals surface area contributed by atoms with Crippen LogP contribution < -0.4 is 5.73 Å². The molecular weight excluding hydrogens is 218 g/mol. The molecule has 0 aliphatic carbocycles. The first-order valence-electron chi connectivity index (χ1n) is 5.20. The number of carbonyl (C=O) groups is 1. The molecule has 0 bridgehead atoms. The van der Waals surface area contributed by atoms with Crippen LogP contribution in [-0.4, -0.2) is 41.6 Å². The summed E-state index contributed by atoms with van der Waals surface area (Å²) in [4.78, 5) is 12.5. The number of ether oxygens (including phenoxy) is 1. The van der Waals surface area contributed by atoms with E-state index in [2.05, 4.69) is 0 Å². The van der Waals surface area contributed by atoms with Crippen molar-refractivity contribution in [3.63, 3.8) is 0 Å². The Balaban J connectivity index is 2.63. The Morgan fingerprint density at radius 2 is 2.06 bits per heavy atom. The number of amides is 1. The molecule has 1 saturated heterocycles. The highest BCUT2D eigenvalue weighted by atomic mass is 19.3. The van der Waals surface area contributed by atoms with E-state index in [9.17, 15) is 13.6 Å². The van der Waals surface area contributed by atoms with Gasteiger partial charge in [-0.15, -0.1) is 0 Å². The molecule has 1 rings (SSSR count). The van der Waals surface area contributed by atoms with E-state index in [0.29, 0.717) is 0 Å². The monoisotopic (exact) mass is 236 g/mol. The van der Waals surface area contributed by atoms with Crippen LogP contribution in [0.15, 0.2) is 0 Å². The minimum absolute atomic E-state index is 0.116. The summed E-state index contributed by atoms with van der Waals surface area (Å²) >= 11 is 0. The number of nitrogens with two attached hydrogens (primary N) is 1. The number of likely N-dealkylation sites (tertiary alicyclic amines) is 1. The summed E-state index contributed by atoms with van der Waals surface area (Å²) in [6, 6.07) is -0.698. The van der Waals surface area contributed by atoms with Crippen molar-refractivity contribution < 1.29 is 18.3 Å². The van der Waals surface area contributed by atoms with Gasteiger partial charge in [0.2, 0.25) is 0 Å². The standard InChI is InChI=1S/C10H18F2N2O2/c1-9(2,3)16-8(15)14-5-7(13)4-10(11,12)6-14/h7H,4-6,13H2,1-3H3/t7-/m0/s1. The molecule has 94 valence electrons. The molecule has 1 atom stereocenters. The van der Waals surface area contributed by atoms with Gasteiger partial charge in [0.1, 0.15) is 5.60 Å². The highest BCUT2D eigenvalue weighted by Gasteiger charge is 2.41. The topological polar surface area (TPSA) is 55.6 Å². The third-order valence-corrected chi connectivity index (χ3v) is 2.09. The highest BCUT2D eigenvalue weighted by Crippen LogP contribution is 2.27. The molecule has 1 amide bonds. The van der Waals surface area contributed by atoms with Crippen molar-refractivity contribution in [2.75, 3.05) is 13.1 Å². The van der Waals surface area contributed by atoms with E-state index in [1.165, 1.54) is 0 Å². The lowest BCUT2D eigenvalue weighted by atomic mass is 10.0. The van der Waals surface area contributed by atoms with E-state index in [4.69, 9.17) is 10.5 Å². The number of piperidine rings is 1. The molecule has 1 aliphatic rings. The van der Waals surface area contributed by atoms with Gasteiger partial charge in [-0.2, -0.15) is 0 Å². The summed E-state index contributed by atoms with van der Waals surface area (Å²) in [5, 5.41) is 0. The zero-order valence-electron chi connectivity index (χ0n) is 9.80. The Kier molecular flexibility index (Phi) is 3.42. The molecular formula is C10H18F2N2O2. The maximum Gasteiger partial charge on any atom is 0.410 e. The van der Waals surface area contributed by atoms with Crippen molar-refractivity contribution in [2.24, 2.45) is 5.73 Å². The van der Waals surface area contributed by atoms with E-state index in [-0.39, 0.29) is 13.0 Å². The number of hydrogen-bond acceptors (Lipinski definition) is 3. The second-order valence-corrected chi connectivity index (χ2v) is 5.18. The number of alkyl halides is 2. The van der Waals surface area contributed by atoms with Crippen LogP contribution in [0.1, 0.15) is 27.2 Å². The first-order valence-corrected chi connectivity index (χ1v) is 5.20. The van der Waals surface area contributed by atoms with Crippen LogP contribution in [0.4, 0.5) is 13.6 Å². The maximum absolute atomic E-state index is 13.2. The zero-order chi connectivity index (χ0) is 12.6. The van der Waals surface area contributed by atoms with Crippen LogP contribution in [0.3, 0.4) is 0 Å². The first kappa shape index (κ1) is 13.2. The Morgan fingerprint density at radius 3 is 2.50 bits per heavy atom. The second kappa shape index (κ2) is 4.16. The van der Waals surface area contributed by atoms with Gasteiger partial charge in [-0.05, 0) is 20.8 Å². The number of nitrogens with zero attached hydrogens (tertiary/aromatic N) is 1. The molecule has 1 aliphatic heterocycles. The average Bonchev–Trinajstić information content (AvgIpc) is 1.96. The number of carbonyl (C=O) groups excluding carboxylic acids is 1. The van der Waals surface area contributed by atoms with Gasteiger partial charge in [0.05, 0.1) is 6.54 Å². The number of halogens is 2. The molecule has 0 spiro atoms. The predicted octanol–water partition coefficient (Wildman–Crippen LogP) is 1.59. The zero-order valence-corrected chi connectivity index (χ0v) is 9.80. The molecule has 4 nitrogen and oxygen atoms in total. The van der Waals surface area contributed by atoms with Gasteiger partial charge in [-0.3, -0.25) is 0 Å². The molecule has 0 saturated carbocycles. The highest BCUT2D eigenvalue weighted by molar-refractivity contribution is 5.68. The summed E-state index contributed by atoms with van der Waals surface area (Å²) < 4.78 is 31.4. The fraction of sp³-hybridized carbons (Fsp3) is 0.900. The average molecular weight is 236 g/mol. The Morgan fingerprint density at radius 1 is 1.50 bits per heavy atom. The fourth-order valence-electron chi connectivity index (χ4n) is 1.61. The van der Waals surface area contributed by atoms with Crippen molar-refractivity contribution in [1.82, 2.24) is 4.90 Å². The lowest BCUT2D eigenvalue weighted by Crippen LogP contribution is -2.55. The normalized spacial score (nSPS) is 25.4. The summed E-state index contributed by atoms with van der Waals surface area (Å²) in [5.74, 6) is -2.92. The lowest BCUT2D eigenvalue weighted by molar-refractivity contribution is -0.0743. The molecule has 0 radical (unpaired) electrons. The first-order chi connectivity index (χ1) is 7.09. The Labute approximate surface area is 93.7 Å². The van der Waals surface area contributed by atoms with Gasteiger partial charge in [0.25, 0.3) is 5.92 Å². The van der Waals surface area contributed by atoms with Gasteiger partial charge in [0, 0.05) is 19.0 Å². The summed E-state index contributed by atoms with van der Waals surface area (Å²) in [6.07, 6.45) is -1.12. The van der Waals surface area contributed by atoms with Gasteiger partial charge >= 0.3 is 6.09 Å². The lowest BCUT2D eigenvalue weighted by Gasteiger charge is -2.36. The van der Waals surface area contributed by atoms with Gasteiger partial charge in [-0.1, -0.05) is 0 Å². The van der Waals surface area contributed by atoms with E-state index in [1.54, 1.807) is 20.8 Å². The second-order valence-electron chi connectivity index (χ2n) is 5.18. The fourth-order valence-corrected chi connectivity index (χ4v) is 1.61. The molecule has 1 fully saturated rings. The minimum Gasteiger partial charge on any atom is -0.444 e. The molecule has 6 heteroatoms. The van der Waals surface area contributed by atoms with Crippen molar-refractivity contribution >= 4 is 6.09 Å². The summed E-state index contributed by atoms with van der Waals surface area (Å²) in [5.41, 5.74) is 4.79. The molecule has 1 heterocycles. The molecule has 0 unspecified atom stereocenters. The summed E-state index contributed by atoms with van der Waals surface area (Å²) in [7, 11) is 0.